The van der Waals surface area contributed by atoms with Crippen molar-refractivity contribution in [1.82, 2.24) is 5.32 Å². The number of benzene rings is 1. The van der Waals surface area contributed by atoms with Crippen LogP contribution in [0.4, 0.5) is 13.2 Å². The van der Waals surface area contributed by atoms with Crippen molar-refractivity contribution >= 4 is 11.7 Å². The van der Waals surface area contributed by atoms with E-state index in [1.165, 1.54) is 18.2 Å². The summed E-state index contributed by atoms with van der Waals surface area (Å²) in [5.41, 5.74) is -0.176. The number of ether oxygens (including phenoxy) is 1. The number of amides is 1. The van der Waals surface area contributed by atoms with E-state index in [1.807, 2.05) is 0 Å². The molecule has 1 unspecified atom stereocenters. The van der Waals surface area contributed by atoms with Gasteiger partial charge in [-0.25, -0.2) is 0 Å². The fraction of sp³-hybridized carbons (Fsp3) is 0.500. The molecule has 0 heterocycles. The topological polar surface area (TPSA) is 55.4 Å². The first-order valence-corrected chi connectivity index (χ1v) is 7.07. The number of carbonyl (C=O) groups excluding carboxylic acids is 2. The van der Waals surface area contributed by atoms with Crippen LogP contribution in [0.25, 0.3) is 0 Å². The quantitative estimate of drug-likeness (QED) is 0.836. The number of halogens is 3. The molecule has 1 amide bonds. The lowest BCUT2D eigenvalue weighted by molar-refractivity contribution is -0.274. The second-order valence-electron chi connectivity index (χ2n) is 6.26. The molecule has 1 aromatic carbocycles. The van der Waals surface area contributed by atoms with Gasteiger partial charge in [-0.15, -0.1) is 13.2 Å². The zero-order valence-corrected chi connectivity index (χ0v) is 13.5. The van der Waals surface area contributed by atoms with Gasteiger partial charge in [-0.05, 0) is 24.6 Å². The van der Waals surface area contributed by atoms with Gasteiger partial charge in [0.05, 0.1) is 12.5 Å². The molecule has 1 aromatic rings. The zero-order chi connectivity index (χ0) is 17.8. The Labute approximate surface area is 133 Å². The van der Waals surface area contributed by atoms with Crippen LogP contribution in [0.1, 0.15) is 45.7 Å². The highest BCUT2D eigenvalue weighted by atomic mass is 19.4. The minimum absolute atomic E-state index is 0.212. The molecule has 0 aliphatic heterocycles. The van der Waals surface area contributed by atoms with Crippen LogP contribution in [0.15, 0.2) is 24.3 Å². The van der Waals surface area contributed by atoms with E-state index in [4.69, 9.17) is 0 Å². The van der Waals surface area contributed by atoms with Crippen molar-refractivity contribution < 1.29 is 27.5 Å². The summed E-state index contributed by atoms with van der Waals surface area (Å²) in [6, 6.07) is 4.80. The number of hydrogen-bond donors (Lipinski definition) is 1. The Morgan fingerprint density at radius 1 is 1.22 bits per heavy atom. The maximum absolute atomic E-state index is 12.2. The van der Waals surface area contributed by atoms with Crippen LogP contribution in [-0.2, 0) is 9.59 Å². The zero-order valence-electron chi connectivity index (χ0n) is 13.5. The van der Waals surface area contributed by atoms with Crippen molar-refractivity contribution in [3.63, 3.8) is 0 Å². The van der Waals surface area contributed by atoms with E-state index in [-0.39, 0.29) is 18.0 Å². The maximum atomic E-state index is 12.2. The minimum atomic E-state index is -4.77. The Kier molecular flexibility index (Phi) is 5.80. The van der Waals surface area contributed by atoms with E-state index in [2.05, 4.69) is 10.1 Å². The molecule has 0 aliphatic rings. The second-order valence-corrected chi connectivity index (χ2v) is 6.26. The molecule has 0 saturated heterocycles. The molecule has 4 nitrogen and oxygen atoms in total. The summed E-state index contributed by atoms with van der Waals surface area (Å²) in [7, 11) is 0. The standard InChI is InChI=1S/C16H20F3NO3/c1-10(20-14(22)9-13(21)15(2,3)4)11-6-5-7-12(8-11)23-16(17,18)19/h5-8,10H,9H2,1-4H3,(H,20,22). The summed E-state index contributed by atoms with van der Waals surface area (Å²) < 4.78 is 40.5. The van der Waals surface area contributed by atoms with Crippen LogP contribution in [0, 0.1) is 5.41 Å². The van der Waals surface area contributed by atoms with Gasteiger partial charge in [0.15, 0.2) is 0 Å². The Hall–Kier alpha value is -2.05. The lowest BCUT2D eigenvalue weighted by atomic mass is 9.89. The summed E-state index contributed by atoms with van der Waals surface area (Å²) in [6.07, 6.45) is -5.04. The molecular weight excluding hydrogens is 311 g/mol. The van der Waals surface area contributed by atoms with Gasteiger partial charge in [-0.1, -0.05) is 32.9 Å². The van der Waals surface area contributed by atoms with Crippen LogP contribution in [0.2, 0.25) is 0 Å². The highest BCUT2D eigenvalue weighted by Crippen LogP contribution is 2.25. The Balaban J connectivity index is 2.71. The van der Waals surface area contributed by atoms with Gasteiger partial charge in [0.1, 0.15) is 11.5 Å². The number of alkyl halides is 3. The molecule has 0 fully saturated rings. The van der Waals surface area contributed by atoms with Gasteiger partial charge in [-0.2, -0.15) is 0 Å². The van der Waals surface area contributed by atoms with Crippen molar-refractivity contribution in [2.45, 2.75) is 46.5 Å². The summed E-state index contributed by atoms with van der Waals surface area (Å²) in [5, 5.41) is 2.59. The van der Waals surface area contributed by atoms with Crippen LogP contribution in [-0.4, -0.2) is 18.1 Å². The molecule has 0 saturated carbocycles. The molecule has 0 aliphatic carbocycles. The van der Waals surface area contributed by atoms with E-state index in [1.54, 1.807) is 33.8 Å². The third-order valence-electron chi connectivity index (χ3n) is 3.13. The van der Waals surface area contributed by atoms with Gasteiger partial charge < -0.3 is 10.1 Å². The first kappa shape index (κ1) is 19.0. The fourth-order valence-corrected chi connectivity index (χ4v) is 1.77. The average Bonchev–Trinajstić information content (AvgIpc) is 2.35. The Bertz CT molecular complexity index is 577. The molecule has 0 spiro atoms. The number of hydrogen-bond acceptors (Lipinski definition) is 3. The third kappa shape index (κ3) is 6.71. The Morgan fingerprint density at radius 3 is 2.35 bits per heavy atom. The van der Waals surface area contributed by atoms with E-state index in [9.17, 15) is 22.8 Å². The monoisotopic (exact) mass is 331 g/mol. The van der Waals surface area contributed by atoms with Crippen LogP contribution in [0.5, 0.6) is 5.75 Å². The van der Waals surface area contributed by atoms with Crippen LogP contribution in [0.3, 0.4) is 0 Å². The van der Waals surface area contributed by atoms with E-state index in [0.717, 1.165) is 0 Å². The number of rotatable bonds is 5. The molecule has 0 bridgehead atoms. The SMILES string of the molecule is CC(NC(=O)CC(=O)C(C)(C)C)c1cccc(OC(F)(F)F)c1. The number of carbonyl (C=O) groups is 2. The van der Waals surface area contributed by atoms with Crippen molar-refractivity contribution in [2.24, 2.45) is 5.41 Å². The lowest BCUT2D eigenvalue weighted by Gasteiger charge is -2.19. The molecule has 7 heteroatoms. The largest absolute Gasteiger partial charge is 0.573 e. The molecule has 1 N–H and O–H groups in total. The average molecular weight is 331 g/mol. The van der Waals surface area contributed by atoms with E-state index < -0.39 is 23.7 Å². The minimum Gasteiger partial charge on any atom is -0.406 e. The van der Waals surface area contributed by atoms with Gasteiger partial charge in [0.25, 0.3) is 0 Å². The van der Waals surface area contributed by atoms with Crippen LogP contribution < -0.4 is 10.1 Å². The summed E-state index contributed by atoms with van der Waals surface area (Å²) >= 11 is 0. The van der Waals surface area contributed by atoms with Gasteiger partial charge >= 0.3 is 6.36 Å². The highest BCUT2D eigenvalue weighted by Gasteiger charge is 2.31. The summed E-state index contributed by atoms with van der Waals surface area (Å²) in [6.45, 7) is 6.75. The molecule has 23 heavy (non-hydrogen) atoms. The maximum Gasteiger partial charge on any atom is 0.573 e. The van der Waals surface area contributed by atoms with Gasteiger partial charge in [0.2, 0.25) is 5.91 Å². The lowest BCUT2D eigenvalue weighted by Crippen LogP contribution is -2.32. The fourth-order valence-electron chi connectivity index (χ4n) is 1.77. The molecule has 0 aromatic heterocycles. The van der Waals surface area contributed by atoms with Crippen molar-refractivity contribution in [3.05, 3.63) is 29.8 Å². The predicted octanol–water partition coefficient (Wildman–Crippen LogP) is 3.77. The predicted molar refractivity (Wildman–Crippen MR) is 78.8 cm³/mol. The molecule has 128 valence electrons. The molecule has 1 rings (SSSR count). The van der Waals surface area contributed by atoms with Crippen molar-refractivity contribution in [3.8, 4) is 5.75 Å². The smallest absolute Gasteiger partial charge is 0.406 e. The highest BCUT2D eigenvalue weighted by molar-refractivity contribution is 6.00. The van der Waals surface area contributed by atoms with Gasteiger partial charge in [0, 0.05) is 5.41 Å². The second kappa shape index (κ2) is 7.02. The van der Waals surface area contributed by atoms with Crippen LogP contribution >= 0.6 is 0 Å². The number of nitrogens with one attached hydrogen (secondary N) is 1. The number of ketones is 1. The van der Waals surface area contributed by atoms with E-state index in [0.29, 0.717) is 5.56 Å². The molecular formula is C16H20F3NO3. The Morgan fingerprint density at radius 2 is 1.83 bits per heavy atom. The van der Waals surface area contributed by atoms with Gasteiger partial charge in [-0.3, -0.25) is 9.59 Å². The van der Waals surface area contributed by atoms with Crippen molar-refractivity contribution in [2.75, 3.05) is 0 Å². The normalized spacial score (nSPS) is 13.3. The molecule has 0 radical (unpaired) electrons. The first-order valence-electron chi connectivity index (χ1n) is 7.07. The van der Waals surface area contributed by atoms with E-state index >= 15 is 0 Å². The third-order valence-corrected chi connectivity index (χ3v) is 3.13. The first-order chi connectivity index (χ1) is 10.4. The number of Topliss-reactive ketones (excluding diaryl/α,β-unsaturated/α-hetero) is 1. The summed E-state index contributed by atoms with van der Waals surface area (Å²) in [4.78, 5) is 23.7. The summed E-state index contributed by atoms with van der Waals surface area (Å²) in [5.74, 6) is -1.04. The molecule has 1 atom stereocenters. The van der Waals surface area contributed by atoms with Crippen molar-refractivity contribution in [1.29, 1.82) is 0 Å².